The van der Waals surface area contributed by atoms with Gasteiger partial charge in [0.15, 0.2) is 0 Å². The summed E-state index contributed by atoms with van der Waals surface area (Å²) in [5.74, 6) is 0.319. The number of esters is 1. The van der Waals surface area contributed by atoms with E-state index in [1.165, 1.54) is 18.3 Å². The van der Waals surface area contributed by atoms with Gasteiger partial charge in [-0.05, 0) is 37.8 Å². The minimum atomic E-state index is -1.06. The van der Waals surface area contributed by atoms with Crippen molar-refractivity contribution in [2.24, 2.45) is 11.8 Å². The van der Waals surface area contributed by atoms with Gasteiger partial charge >= 0.3 is 5.97 Å². The fourth-order valence-corrected chi connectivity index (χ4v) is 4.32. The predicted molar refractivity (Wildman–Crippen MR) is 84.3 cm³/mol. The van der Waals surface area contributed by atoms with E-state index in [-0.39, 0.29) is 17.8 Å². The zero-order valence-corrected chi connectivity index (χ0v) is 13.6. The van der Waals surface area contributed by atoms with Crippen LogP contribution in [-0.4, -0.2) is 23.0 Å². The molecule has 1 aromatic carbocycles. The van der Waals surface area contributed by atoms with Gasteiger partial charge in [-0.25, -0.2) is 0 Å². The molecule has 114 valence electrons. The molecule has 3 nitrogen and oxygen atoms in total. The number of rotatable bonds is 5. The highest BCUT2D eigenvalue weighted by Gasteiger charge is 2.33. The van der Waals surface area contributed by atoms with Gasteiger partial charge in [-0.3, -0.25) is 9.00 Å². The van der Waals surface area contributed by atoms with Crippen molar-refractivity contribution in [2.75, 3.05) is 12.9 Å². The molecule has 1 aliphatic rings. The Hall–Kier alpha value is -1.42. The number of allylic oxidation sites excluding steroid dienone is 1. The van der Waals surface area contributed by atoms with Crippen molar-refractivity contribution in [2.45, 2.75) is 31.6 Å². The average Bonchev–Trinajstić information content (AvgIpc) is 2.87. The molecular formula is C17H22O3S. The van der Waals surface area contributed by atoms with Gasteiger partial charge in [0, 0.05) is 10.6 Å². The molecule has 4 heteroatoms. The first kappa shape index (κ1) is 16.0. The second kappa shape index (κ2) is 7.03. The molecule has 1 unspecified atom stereocenters. The first-order valence-electron chi connectivity index (χ1n) is 7.24. The summed E-state index contributed by atoms with van der Waals surface area (Å²) >= 11 is 0. The lowest BCUT2D eigenvalue weighted by Crippen LogP contribution is -2.24. The van der Waals surface area contributed by atoms with Crippen LogP contribution in [0.1, 0.15) is 26.7 Å². The predicted octanol–water partition coefficient (Wildman–Crippen LogP) is 3.33. The smallest absolute Gasteiger partial charge is 0.308 e. The van der Waals surface area contributed by atoms with Gasteiger partial charge in [-0.2, -0.15) is 0 Å². The summed E-state index contributed by atoms with van der Waals surface area (Å²) in [7, 11) is 0.366. The number of hydrogen-bond acceptors (Lipinski definition) is 3. The highest BCUT2D eigenvalue weighted by molar-refractivity contribution is 7.85. The third-order valence-corrected chi connectivity index (χ3v) is 5.67. The molecule has 0 saturated heterocycles. The van der Waals surface area contributed by atoms with Gasteiger partial charge in [-0.15, -0.1) is 0 Å². The molecule has 2 rings (SSSR count). The van der Waals surface area contributed by atoms with E-state index >= 15 is 0 Å². The summed E-state index contributed by atoms with van der Waals surface area (Å²) in [5.41, 5.74) is 2.45. The number of methoxy groups -OCH3 is 1. The first-order valence-corrected chi connectivity index (χ1v) is 8.56. The van der Waals surface area contributed by atoms with Crippen LogP contribution in [0.2, 0.25) is 0 Å². The Balaban J connectivity index is 2.15. The average molecular weight is 306 g/mol. The van der Waals surface area contributed by atoms with Gasteiger partial charge in [0.1, 0.15) is 0 Å². The van der Waals surface area contributed by atoms with E-state index in [1.54, 1.807) is 0 Å². The summed E-state index contributed by atoms with van der Waals surface area (Å²) in [6, 6.07) is 9.50. The van der Waals surface area contributed by atoms with Crippen molar-refractivity contribution < 1.29 is 13.7 Å². The Labute approximate surface area is 128 Å². The maximum atomic E-state index is 12.5. The van der Waals surface area contributed by atoms with Crippen LogP contribution in [0.3, 0.4) is 0 Å². The third-order valence-electron chi connectivity index (χ3n) is 4.30. The quantitative estimate of drug-likeness (QED) is 0.619. The van der Waals surface area contributed by atoms with E-state index in [2.05, 4.69) is 6.92 Å². The Kier molecular flexibility index (Phi) is 5.34. The topological polar surface area (TPSA) is 43.4 Å². The SMILES string of the molecule is COC(=O)[C@@H](C)[C@H]1CCC(C)=C1CS(=O)c1ccccc1. The molecule has 1 aromatic rings. The van der Waals surface area contributed by atoms with Crippen molar-refractivity contribution >= 4 is 16.8 Å². The van der Waals surface area contributed by atoms with E-state index in [1.807, 2.05) is 37.3 Å². The standard InChI is InChI=1S/C17H22O3S/c1-12-9-10-15(13(2)17(18)20-3)16(12)11-21(19)14-7-5-4-6-8-14/h4-8,13,15H,9-11H2,1-3H3/t13-,15+,21?/m0/s1. The molecular weight excluding hydrogens is 284 g/mol. The van der Waals surface area contributed by atoms with Crippen molar-refractivity contribution in [3.63, 3.8) is 0 Å². The van der Waals surface area contributed by atoms with Crippen LogP contribution in [0.4, 0.5) is 0 Å². The molecule has 0 spiro atoms. The summed E-state index contributed by atoms with van der Waals surface area (Å²) < 4.78 is 17.4. The lowest BCUT2D eigenvalue weighted by atomic mass is 9.88. The highest BCUT2D eigenvalue weighted by atomic mass is 32.2. The first-order chi connectivity index (χ1) is 10.0. The molecule has 0 heterocycles. The van der Waals surface area contributed by atoms with Crippen LogP contribution in [0.25, 0.3) is 0 Å². The molecule has 0 bridgehead atoms. The zero-order chi connectivity index (χ0) is 15.4. The molecule has 0 radical (unpaired) electrons. The monoisotopic (exact) mass is 306 g/mol. The van der Waals surface area contributed by atoms with E-state index in [0.29, 0.717) is 5.75 Å². The van der Waals surface area contributed by atoms with Gasteiger partial charge in [-0.1, -0.05) is 36.3 Å². The fraction of sp³-hybridized carbons (Fsp3) is 0.471. The van der Waals surface area contributed by atoms with Crippen molar-refractivity contribution in [1.82, 2.24) is 0 Å². The van der Waals surface area contributed by atoms with Gasteiger partial charge in [0.2, 0.25) is 0 Å². The molecule has 0 N–H and O–H groups in total. The third kappa shape index (κ3) is 3.62. The summed E-state index contributed by atoms with van der Waals surface area (Å²) in [4.78, 5) is 12.6. The van der Waals surface area contributed by atoms with Crippen LogP contribution in [0.5, 0.6) is 0 Å². The maximum absolute atomic E-state index is 12.5. The number of carbonyl (C=O) groups excluding carboxylic acids is 1. The normalized spacial score (nSPS) is 21.2. The molecule has 21 heavy (non-hydrogen) atoms. The van der Waals surface area contributed by atoms with E-state index in [0.717, 1.165) is 17.7 Å². The summed E-state index contributed by atoms with van der Waals surface area (Å²) in [6.07, 6.45) is 1.93. The lowest BCUT2D eigenvalue weighted by molar-refractivity contribution is -0.146. The van der Waals surface area contributed by atoms with E-state index in [9.17, 15) is 9.00 Å². The maximum Gasteiger partial charge on any atom is 0.308 e. The fourth-order valence-electron chi connectivity index (χ4n) is 2.95. The molecule has 0 fully saturated rings. The molecule has 3 atom stereocenters. The van der Waals surface area contributed by atoms with Crippen LogP contribution >= 0.6 is 0 Å². The van der Waals surface area contributed by atoms with Crippen molar-refractivity contribution in [1.29, 1.82) is 0 Å². The van der Waals surface area contributed by atoms with Gasteiger partial charge in [0.25, 0.3) is 0 Å². The van der Waals surface area contributed by atoms with E-state index in [4.69, 9.17) is 4.74 Å². The number of ether oxygens (including phenoxy) is 1. The highest BCUT2D eigenvalue weighted by Crippen LogP contribution is 2.38. The zero-order valence-electron chi connectivity index (χ0n) is 12.8. The Morgan fingerprint density at radius 1 is 1.38 bits per heavy atom. The Bertz CT molecular complexity index is 563. The molecule has 0 aromatic heterocycles. The summed E-state index contributed by atoms with van der Waals surface area (Å²) in [5, 5.41) is 0. The van der Waals surface area contributed by atoms with Crippen LogP contribution in [0.15, 0.2) is 46.4 Å². The Morgan fingerprint density at radius 3 is 2.67 bits per heavy atom. The summed E-state index contributed by atoms with van der Waals surface area (Å²) in [6.45, 7) is 3.99. The van der Waals surface area contributed by atoms with E-state index < -0.39 is 10.8 Å². The second-order valence-corrected chi connectivity index (χ2v) is 7.02. The number of benzene rings is 1. The molecule has 0 aliphatic heterocycles. The van der Waals surface area contributed by atoms with Crippen molar-refractivity contribution in [3.05, 3.63) is 41.5 Å². The minimum absolute atomic E-state index is 0.158. The van der Waals surface area contributed by atoms with Crippen molar-refractivity contribution in [3.8, 4) is 0 Å². The van der Waals surface area contributed by atoms with Crippen LogP contribution in [-0.2, 0) is 20.3 Å². The molecule has 1 aliphatic carbocycles. The van der Waals surface area contributed by atoms with Crippen LogP contribution in [0, 0.1) is 11.8 Å². The second-order valence-electron chi connectivity index (χ2n) is 5.57. The molecule has 0 amide bonds. The van der Waals surface area contributed by atoms with Gasteiger partial charge in [0.05, 0.1) is 23.8 Å². The largest absolute Gasteiger partial charge is 0.469 e. The Morgan fingerprint density at radius 2 is 2.05 bits per heavy atom. The van der Waals surface area contributed by atoms with Gasteiger partial charge < -0.3 is 4.74 Å². The molecule has 0 saturated carbocycles. The lowest BCUT2D eigenvalue weighted by Gasteiger charge is -2.20. The number of hydrogen-bond donors (Lipinski definition) is 0. The van der Waals surface area contributed by atoms with Crippen LogP contribution < -0.4 is 0 Å². The number of carbonyl (C=O) groups is 1. The minimum Gasteiger partial charge on any atom is -0.469 e.